The van der Waals surface area contributed by atoms with Gasteiger partial charge >= 0.3 is 0 Å². The number of fused-ring (bicyclic) bond motifs is 10. The predicted molar refractivity (Wildman–Crippen MR) is 184 cm³/mol. The fourth-order valence-electron chi connectivity index (χ4n) is 7.39. The zero-order valence-corrected chi connectivity index (χ0v) is 23.7. The van der Waals surface area contributed by atoms with Crippen LogP contribution < -0.4 is 0 Å². The van der Waals surface area contributed by atoms with Gasteiger partial charge in [0.1, 0.15) is 16.7 Å². The molecule has 0 amide bonds. The van der Waals surface area contributed by atoms with Crippen molar-refractivity contribution in [2.24, 2.45) is 0 Å². The number of benzene rings is 8. The second-order valence-corrected chi connectivity index (χ2v) is 11.6. The highest BCUT2D eigenvalue weighted by atomic mass is 16.3. The van der Waals surface area contributed by atoms with Crippen molar-refractivity contribution in [1.82, 2.24) is 0 Å². The quantitative estimate of drug-likeness (QED) is 0.197. The highest BCUT2D eigenvalue weighted by molar-refractivity contribution is 6.25. The van der Waals surface area contributed by atoms with Crippen LogP contribution in [0.1, 0.15) is 0 Å². The van der Waals surface area contributed by atoms with Gasteiger partial charge in [-0.25, -0.2) is 0 Å². The Bertz CT molecular complexity index is 2720. The van der Waals surface area contributed by atoms with Crippen molar-refractivity contribution in [3.63, 3.8) is 0 Å². The van der Waals surface area contributed by atoms with E-state index in [1.54, 1.807) is 0 Å². The van der Waals surface area contributed by atoms with Crippen LogP contribution in [0, 0.1) is 0 Å². The van der Waals surface area contributed by atoms with E-state index in [4.69, 9.17) is 8.83 Å². The molecule has 2 nitrogen and oxygen atoms in total. The molecule has 0 fully saturated rings. The number of hydrogen-bond acceptors (Lipinski definition) is 2. The molecule has 44 heavy (non-hydrogen) atoms. The summed E-state index contributed by atoms with van der Waals surface area (Å²) < 4.78 is 12.7. The minimum Gasteiger partial charge on any atom is -0.463 e. The molecule has 0 N–H and O–H groups in total. The van der Waals surface area contributed by atoms with Crippen LogP contribution in [0.25, 0.3) is 98.3 Å². The molecule has 0 saturated carbocycles. The average molecular weight is 561 g/mol. The van der Waals surface area contributed by atoms with E-state index in [-0.39, 0.29) is 0 Å². The van der Waals surface area contributed by atoms with Crippen molar-refractivity contribution in [2.45, 2.75) is 0 Å². The third kappa shape index (κ3) is 3.20. The molecule has 0 bridgehead atoms. The lowest BCUT2D eigenvalue weighted by molar-refractivity contribution is 0.620. The Balaban J connectivity index is 1.31. The Morgan fingerprint density at radius 2 is 0.955 bits per heavy atom. The highest BCUT2D eigenvalue weighted by Crippen LogP contribution is 2.47. The lowest BCUT2D eigenvalue weighted by Crippen LogP contribution is -1.90. The first kappa shape index (κ1) is 23.7. The van der Waals surface area contributed by atoms with Gasteiger partial charge in [0.05, 0.1) is 6.26 Å². The van der Waals surface area contributed by atoms with Gasteiger partial charge in [-0.05, 0) is 73.1 Å². The van der Waals surface area contributed by atoms with Gasteiger partial charge in [0.15, 0.2) is 0 Å². The summed E-state index contributed by atoms with van der Waals surface area (Å²) in [5, 5.41) is 13.0. The van der Waals surface area contributed by atoms with Crippen molar-refractivity contribution in [3.05, 3.63) is 146 Å². The summed E-state index contributed by atoms with van der Waals surface area (Å²) in [6.45, 7) is 0. The first-order valence-electron chi connectivity index (χ1n) is 15.0. The zero-order valence-electron chi connectivity index (χ0n) is 23.7. The molecule has 204 valence electrons. The van der Waals surface area contributed by atoms with E-state index in [1.807, 2.05) is 6.26 Å². The zero-order chi connectivity index (χ0) is 28.8. The standard InChI is InChI=1S/C42H24O2/c1-3-11-28-25(9-1)18-22-38-41(28)35-23-27(19-21-37(35)44-38)39-30-13-5-7-15-32(30)40(33-16-8-6-14-31(33)39)36-24-43-42-29-12-4-2-10-26(29)17-20-34(36)42/h1-24H. The van der Waals surface area contributed by atoms with Crippen molar-refractivity contribution in [2.75, 3.05) is 0 Å². The van der Waals surface area contributed by atoms with Crippen LogP contribution >= 0.6 is 0 Å². The Morgan fingerprint density at radius 3 is 1.68 bits per heavy atom. The molecule has 0 aliphatic rings. The van der Waals surface area contributed by atoms with Crippen LogP contribution in [-0.2, 0) is 0 Å². The summed E-state index contributed by atoms with van der Waals surface area (Å²) in [5.41, 5.74) is 7.48. The largest absolute Gasteiger partial charge is 0.463 e. The molecule has 0 unspecified atom stereocenters. The van der Waals surface area contributed by atoms with E-state index >= 15 is 0 Å². The summed E-state index contributed by atoms with van der Waals surface area (Å²) in [6.07, 6.45) is 1.94. The van der Waals surface area contributed by atoms with Crippen LogP contribution in [-0.4, -0.2) is 0 Å². The Hall–Kier alpha value is -5.86. The lowest BCUT2D eigenvalue weighted by Gasteiger charge is -2.17. The molecule has 0 atom stereocenters. The van der Waals surface area contributed by atoms with Crippen LogP contribution in [0.15, 0.2) is 155 Å². The van der Waals surface area contributed by atoms with E-state index in [0.29, 0.717) is 0 Å². The molecule has 2 aromatic heterocycles. The van der Waals surface area contributed by atoms with E-state index in [9.17, 15) is 0 Å². The van der Waals surface area contributed by atoms with Gasteiger partial charge in [0, 0.05) is 32.7 Å². The Labute approximate surface area is 252 Å². The van der Waals surface area contributed by atoms with E-state index in [2.05, 4.69) is 140 Å². The van der Waals surface area contributed by atoms with Gasteiger partial charge in [-0.15, -0.1) is 0 Å². The molecule has 10 aromatic rings. The smallest absolute Gasteiger partial charge is 0.142 e. The fraction of sp³-hybridized carbons (Fsp3) is 0. The van der Waals surface area contributed by atoms with Crippen molar-refractivity contribution in [1.29, 1.82) is 0 Å². The summed E-state index contributed by atoms with van der Waals surface area (Å²) >= 11 is 0. The van der Waals surface area contributed by atoms with Gasteiger partial charge in [0.25, 0.3) is 0 Å². The van der Waals surface area contributed by atoms with E-state index in [1.165, 1.54) is 59.8 Å². The summed E-state index contributed by atoms with van der Waals surface area (Å²) in [5.74, 6) is 0. The molecule has 0 radical (unpaired) electrons. The van der Waals surface area contributed by atoms with Crippen LogP contribution in [0.5, 0.6) is 0 Å². The van der Waals surface area contributed by atoms with Crippen LogP contribution in [0.3, 0.4) is 0 Å². The monoisotopic (exact) mass is 560 g/mol. The molecule has 10 rings (SSSR count). The molecular weight excluding hydrogens is 536 g/mol. The summed E-state index contributed by atoms with van der Waals surface area (Å²) in [7, 11) is 0. The molecule has 0 aliphatic carbocycles. The lowest BCUT2D eigenvalue weighted by atomic mass is 9.85. The van der Waals surface area contributed by atoms with Crippen molar-refractivity contribution in [3.8, 4) is 22.3 Å². The second kappa shape index (κ2) is 8.82. The maximum absolute atomic E-state index is 6.36. The van der Waals surface area contributed by atoms with Gasteiger partial charge in [-0.2, -0.15) is 0 Å². The number of furan rings is 2. The minimum atomic E-state index is 0.905. The molecule has 0 saturated heterocycles. The van der Waals surface area contributed by atoms with Gasteiger partial charge in [-0.1, -0.05) is 115 Å². The maximum atomic E-state index is 6.36. The first-order chi connectivity index (χ1) is 21.8. The summed E-state index contributed by atoms with van der Waals surface area (Å²) in [4.78, 5) is 0. The van der Waals surface area contributed by atoms with E-state index < -0.39 is 0 Å². The second-order valence-electron chi connectivity index (χ2n) is 11.6. The third-order valence-electron chi connectivity index (χ3n) is 9.31. The van der Waals surface area contributed by atoms with Gasteiger partial charge < -0.3 is 8.83 Å². The SMILES string of the molecule is c1ccc2c(c1)ccc1c(-c3c4ccccc4c(-c4ccc5oc6ccc7ccccc7c6c5c4)c4ccccc34)coc12. The van der Waals surface area contributed by atoms with E-state index in [0.717, 1.165) is 38.5 Å². The molecule has 8 aromatic carbocycles. The summed E-state index contributed by atoms with van der Waals surface area (Å²) in [6, 6.07) is 49.9. The van der Waals surface area contributed by atoms with Crippen molar-refractivity contribution < 1.29 is 8.83 Å². The van der Waals surface area contributed by atoms with Crippen LogP contribution in [0.4, 0.5) is 0 Å². The first-order valence-corrected chi connectivity index (χ1v) is 15.0. The highest BCUT2D eigenvalue weighted by Gasteiger charge is 2.21. The Kier molecular flexibility index (Phi) is 4.75. The molecule has 2 heteroatoms. The topological polar surface area (TPSA) is 26.3 Å². The van der Waals surface area contributed by atoms with Gasteiger partial charge in [-0.3, -0.25) is 0 Å². The van der Waals surface area contributed by atoms with Gasteiger partial charge in [0.2, 0.25) is 0 Å². The third-order valence-corrected chi connectivity index (χ3v) is 9.31. The number of rotatable bonds is 2. The predicted octanol–water partition coefficient (Wildman–Crippen LogP) is 12.3. The molecule has 0 spiro atoms. The molecule has 0 aliphatic heterocycles. The number of hydrogen-bond donors (Lipinski definition) is 0. The maximum Gasteiger partial charge on any atom is 0.142 e. The Morgan fingerprint density at radius 1 is 0.386 bits per heavy atom. The van der Waals surface area contributed by atoms with Crippen molar-refractivity contribution >= 4 is 76.0 Å². The normalized spacial score (nSPS) is 12.1. The molecule has 2 heterocycles. The van der Waals surface area contributed by atoms with Crippen LogP contribution in [0.2, 0.25) is 0 Å². The average Bonchev–Trinajstić information content (AvgIpc) is 3.69. The fourth-order valence-corrected chi connectivity index (χ4v) is 7.39. The minimum absolute atomic E-state index is 0.905. The molecular formula is C42H24O2.